The minimum absolute atomic E-state index is 0.0518. The van der Waals surface area contributed by atoms with Crippen LogP contribution in [0.25, 0.3) is 0 Å². The molecule has 9 heteroatoms. The molecule has 49 heavy (non-hydrogen) atoms. The Morgan fingerprint density at radius 1 is 0.469 bits per heavy atom. The minimum atomic E-state index is -0.735. The minimum Gasteiger partial charge on any atom is -0.481 e. The van der Waals surface area contributed by atoms with Gasteiger partial charge in [0.1, 0.15) is 0 Å². The molecular weight excluding hydrogens is 657 g/mol. The van der Waals surface area contributed by atoms with E-state index in [1.165, 1.54) is 89.9 Å². The van der Waals surface area contributed by atoms with Crippen molar-refractivity contribution in [3.05, 3.63) is 0 Å². The molecule has 0 aromatic heterocycles. The summed E-state index contributed by atoms with van der Waals surface area (Å²) >= 11 is 3.60. The molecule has 0 heterocycles. The van der Waals surface area contributed by atoms with Gasteiger partial charge in [-0.05, 0) is 61.9 Å². The summed E-state index contributed by atoms with van der Waals surface area (Å²) in [7, 11) is 0. The summed E-state index contributed by atoms with van der Waals surface area (Å²) in [6.45, 7) is 15.6. The average Bonchev–Trinajstić information content (AvgIpc) is 3.09. The molecule has 0 aliphatic carbocycles. The number of ether oxygens (including phenoxy) is 3. The fourth-order valence-corrected chi connectivity index (χ4v) is 8.87. The standard InChI is InChI=1S/C40H78O7S2/c1-7-11-17-35(18-12-8-2)21-15-31-48-37(33(5)39(41)42)23-25-45-27-29-47-30-28-46-26-24-38(34(6)40(43)44)49-32-16-22-36(19-13-9-3)20-14-10-4/h33-38H,7-32H2,1-6H3,(H,41,42)(H,43,44). The number of rotatable bonds is 38. The van der Waals surface area contributed by atoms with Crippen molar-refractivity contribution in [2.75, 3.05) is 51.1 Å². The van der Waals surface area contributed by atoms with Gasteiger partial charge in [0.2, 0.25) is 0 Å². The number of carbonyl (C=O) groups is 2. The molecule has 0 bridgehead atoms. The normalized spacial score (nSPS) is 14.4. The number of unbranched alkanes of at least 4 members (excludes halogenated alkanes) is 4. The second-order valence-corrected chi connectivity index (χ2v) is 16.8. The first-order valence-corrected chi connectivity index (χ1v) is 22.2. The average molecular weight is 735 g/mol. The van der Waals surface area contributed by atoms with E-state index >= 15 is 0 Å². The Bertz CT molecular complexity index is 680. The number of hydrogen-bond donors (Lipinski definition) is 2. The number of aliphatic carboxylic acids is 2. The van der Waals surface area contributed by atoms with Crippen LogP contribution < -0.4 is 0 Å². The lowest BCUT2D eigenvalue weighted by atomic mass is 9.92. The molecule has 0 radical (unpaired) electrons. The van der Waals surface area contributed by atoms with Crippen LogP contribution in [0.15, 0.2) is 0 Å². The third-order valence-corrected chi connectivity index (χ3v) is 13.0. The Hall–Kier alpha value is -0.480. The van der Waals surface area contributed by atoms with Gasteiger partial charge in [-0.2, -0.15) is 23.5 Å². The van der Waals surface area contributed by atoms with E-state index < -0.39 is 23.8 Å². The van der Waals surface area contributed by atoms with Crippen molar-refractivity contribution in [2.24, 2.45) is 23.7 Å². The molecule has 0 fully saturated rings. The van der Waals surface area contributed by atoms with E-state index in [1.807, 2.05) is 13.8 Å². The Morgan fingerprint density at radius 2 is 0.755 bits per heavy atom. The van der Waals surface area contributed by atoms with Gasteiger partial charge in [0.25, 0.3) is 0 Å². The highest BCUT2D eigenvalue weighted by atomic mass is 32.2. The summed E-state index contributed by atoms with van der Waals surface area (Å²) in [5.41, 5.74) is 0. The quantitative estimate of drug-likeness (QED) is 0.0600. The molecule has 4 atom stereocenters. The van der Waals surface area contributed by atoms with Crippen molar-refractivity contribution in [3.63, 3.8) is 0 Å². The number of hydrogen-bond acceptors (Lipinski definition) is 7. The molecule has 292 valence electrons. The van der Waals surface area contributed by atoms with Crippen molar-refractivity contribution < 1.29 is 34.0 Å². The summed E-state index contributed by atoms with van der Waals surface area (Å²) in [5.74, 6) is 1.37. The summed E-state index contributed by atoms with van der Waals surface area (Å²) in [4.78, 5) is 23.5. The molecule has 0 aromatic rings. The fraction of sp³-hybridized carbons (Fsp3) is 0.950. The largest absolute Gasteiger partial charge is 0.481 e. The number of thioether (sulfide) groups is 2. The Balaban J connectivity index is 4.25. The SMILES string of the molecule is CCCCC(CCCC)CCCSC(CCOCCOCCOCCC(SCCCC(CCCC)CCCC)C(C)C(=O)O)C(C)C(=O)O. The maximum absolute atomic E-state index is 11.7. The van der Waals surface area contributed by atoms with E-state index in [0.717, 1.165) is 49.0 Å². The highest BCUT2D eigenvalue weighted by molar-refractivity contribution is 8.00. The summed E-state index contributed by atoms with van der Waals surface area (Å²) in [6, 6.07) is 0. The number of carboxylic acids is 2. The number of carboxylic acid groups (broad SMARTS) is 2. The molecule has 0 spiro atoms. The van der Waals surface area contributed by atoms with Gasteiger partial charge >= 0.3 is 11.9 Å². The van der Waals surface area contributed by atoms with Crippen LogP contribution in [0.1, 0.15) is 157 Å². The zero-order valence-electron chi connectivity index (χ0n) is 32.6. The molecule has 0 rings (SSSR count). The first-order chi connectivity index (χ1) is 23.7. The molecule has 0 amide bonds. The predicted octanol–water partition coefficient (Wildman–Crippen LogP) is 11.0. The summed E-state index contributed by atoms with van der Waals surface area (Å²) < 4.78 is 17.3. The Labute approximate surface area is 310 Å². The maximum Gasteiger partial charge on any atom is 0.307 e. The molecule has 0 aliphatic rings. The van der Waals surface area contributed by atoms with Gasteiger partial charge in [0.05, 0.1) is 38.3 Å². The van der Waals surface area contributed by atoms with Crippen LogP contribution >= 0.6 is 23.5 Å². The lowest BCUT2D eigenvalue weighted by Crippen LogP contribution is -2.25. The Kier molecular flexibility index (Phi) is 34.3. The van der Waals surface area contributed by atoms with E-state index in [-0.39, 0.29) is 10.5 Å². The van der Waals surface area contributed by atoms with Gasteiger partial charge in [-0.3, -0.25) is 9.59 Å². The maximum atomic E-state index is 11.7. The van der Waals surface area contributed by atoms with E-state index in [9.17, 15) is 19.8 Å². The summed E-state index contributed by atoms with van der Waals surface area (Å²) in [6.07, 6.45) is 21.8. The first-order valence-electron chi connectivity index (χ1n) is 20.1. The lowest BCUT2D eigenvalue weighted by molar-refractivity contribution is -0.142. The van der Waals surface area contributed by atoms with Gasteiger partial charge in [0.15, 0.2) is 0 Å². The van der Waals surface area contributed by atoms with Crippen LogP contribution in [0.4, 0.5) is 0 Å². The van der Waals surface area contributed by atoms with Crippen LogP contribution in [0.3, 0.4) is 0 Å². The van der Waals surface area contributed by atoms with Crippen molar-refractivity contribution in [1.29, 1.82) is 0 Å². The van der Waals surface area contributed by atoms with Gasteiger partial charge < -0.3 is 24.4 Å². The van der Waals surface area contributed by atoms with Crippen LogP contribution in [0.5, 0.6) is 0 Å². The van der Waals surface area contributed by atoms with Crippen molar-refractivity contribution >= 4 is 35.5 Å². The molecule has 0 aliphatic heterocycles. The van der Waals surface area contributed by atoms with Gasteiger partial charge in [0, 0.05) is 23.7 Å². The smallest absolute Gasteiger partial charge is 0.307 e. The molecular formula is C40H78O7S2. The van der Waals surface area contributed by atoms with Crippen molar-refractivity contribution in [1.82, 2.24) is 0 Å². The van der Waals surface area contributed by atoms with E-state index in [0.29, 0.717) is 39.6 Å². The molecule has 4 unspecified atom stereocenters. The topological polar surface area (TPSA) is 102 Å². The highest BCUT2D eigenvalue weighted by Crippen LogP contribution is 2.29. The lowest BCUT2D eigenvalue weighted by Gasteiger charge is -2.22. The van der Waals surface area contributed by atoms with Crippen LogP contribution in [0.2, 0.25) is 0 Å². The molecule has 2 N–H and O–H groups in total. The summed E-state index contributed by atoms with van der Waals surface area (Å²) in [5, 5.41) is 19.4. The van der Waals surface area contributed by atoms with Crippen LogP contribution in [0, 0.1) is 23.7 Å². The first kappa shape index (κ1) is 48.5. The third-order valence-electron chi connectivity index (χ3n) is 9.77. The fourth-order valence-electron chi connectivity index (χ4n) is 6.26. The molecule has 0 aromatic carbocycles. The van der Waals surface area contributed by atoms with Gasteiger partial charge in [-0.1, -0.05) is 119 Å². The Morgan fingerprint density at radius 3 is 1.04 bits per heavy atom. The van der Waals surface area contributed by atoms with E-state index in [1.54, 1.807) is 23.5 Å². The van der Waals surface area contributed by atoms with E-state index in [4.69, 9.17) is 14.2 Å². The predicted molar refractivity (Wildman–Crippen MR) is 211 cm³/mol. The molecule has 0 saturated heterocycles. The zero-order chi connectivity index (χ0) is 36.5. The van der Waals surface area contributed by atoms with Gasteiger partial charge in [-0.15, -0.1) is 0 Å². The van der Waals surface area contributed by atoms with Crippen molar-refractivity contribution in [2.45, 2.75) is 168 Å². The second-order valence-electron chi connectivity index (χ2n) is 14.1. The molecule has 0 saturated carbocycles. The van der Waals surface area contributed by atoms with Gasteiger partial charge in [-0.25, -0.2) is 0 Å². The third kappa shape index (κ3) is 27.8. The van der Waals surface area contributed by atoms with E-state index in [2.05, 4.69) is 27.7 Å². The van der Waals surface area contributed by atoms with Crippen LogP contribution in [-0.2, 0) is 23.8 Å². The van der Waals surface area contributed by atoms with Crippen molar-refractivity contribution in [3.8, 4) is 0 Å². The van der Waals surface area contributed by atoms with Crippen LogP contribution in [-0.4, -0.2) is 83.8 Å². The monoisotopic (exact) mass is 735 g/mol. The molecule has 7 nitrogen and oxygen atoms in total. The second kappa shape index (κ2) is 34.6. The zero-order valence-corrected chi connectivity index (χ0v) is 34.2. The highest BCUT2D eigenvalue weighted by Gasteiger charge is 2.25.